The molecule has 3 rings (SSSR count). The highest BCUT2D eigenvalue weighted by atomic mass is 79.9. The van der Waals surface area contributed by atoms with Crippen LogP contribution < -0.4 is 10.3 Å². The Labute approximate surface area is 220 Å². The Morgan fingerprint density at radius 1 is 1.33 bits per heavy atom. The van der Waals surface area contributed by atoms with Crippen LogP contribution in [0.25, 0.3) is 10.9 Å². The first-order valence-electron chi connectivity index (χ1n) is 11.2. The quantitative estimate of drug-likeness (QED) is 0.138. The van der Waals surface area contributed by atoms with Gasteiger partial charge in [-0.25, -0.2) is 9.78 Å². The van der Waals surface area contributed by atoms with Crippen molar-refractivity contribution in [2.24, 2.45) is 5.10 Å². The van der Waals surface area contributed by atoms with Crippen LogP contribution in [0.1, 0.15) is 45.0 Å². The zero-order valence-electron chi connectivity index (χ0n) is 19.9. The molecule has 3 aromatic rings. The third-order valence-corrected chi connectivity index (χ3v) is 5.83. The smallest absolute Gasteiger partial charge is 0.347 e. The number of esters is 1. The minimum Gasteiger partial charge on any atom is -0.471 e. The van der Waals surface area contributed by atoms with Gasteiger partial charge in [-0.1, -0.05) is 40.9 Å². The Morgan fingerprint density at radius 3 is 2.75 bits per heavy atom. The van der Waals surface area contributed by atoms with E-state index in [0.717, 1.165) is 23.6 Å². The number of rotatable bonds is 10. The SMILES string of the molecule is CCCCc1nc2ccc(Br)cc2c(=O)n1N=Cc1cc(Cl)cc([N+](=O)[O-])c1O[C@@H](C)C(=O)OCC. The van der Waals surface area contributed by atoms with Crippen LogP contribution in [0.4, 0.5) is 5.69 Å². The van der Waals surface area contributed by atoms with Crippen molar-refractivity contribution in [2.45, 2.75) is 46.1 Å². The number of fused-ring (bicyclic) bond motifs is 1. The molecule has 0 aliphatic carbocycles. The second-order valence-corrected chi connectivity index (χ2v) is 9.12. The maximum atomic E-state index is 13.3. The summed E-state index contributed by atoms with van der Waals surface area (Å²) < 4.78 is 12.4. The number of benzene rings is 2. The van der Waals surface area contributed by atoms with E-state index < -0.39 is 28.2 Å². The number of halogens is 2. The normalized spacial score (nSPS) is 12.1. The first kappa shape index (κ1) is 27.3. The van der Waals surface area contributed by atoms with Crippen LogP contribution in [0.5, 0.6) is 5.75 Å². The number of unbranched alkanes of at least 4 members (excludes halogenated alkanes) is 1. The Kier molecular flexibility index (Phi) is 9.16. The van der Waals surface area contributed by atoms with E-state index in [9.17, 15) is 19.7 Å². The third kappa shape index (κ3) is 6.27. The van der Waals surface area contributed by atoms with Gasteiger partial charge in [-0.05, 0) is 44.5 Å². The molecule has 0 unspecified atom stereocenters. The molecule has 0 aliphatic heterocycles. The predicted octanol–water partition coefficient (Wildman–Crippen LogP) is 5.28. The lowest BCUT2D eigenvalue weighted by atomic mass is 10.2. The molecule has 0 fully saturated rings. The summed E-state index contributed by atoms with van der Waals surface area (Å²) in [6.07, 6.45) is 2.24. The topological polar surface area (TPSA) is 126 Å². The van der Waals surface area contributed by atoms with Crippen LogP contribution in [-0.2, 0) is 16.0 Å². The zero-order valence-corrected chi connectivity index (χ0v) is 22.2. The van der Waals surface area contributed by atoms with Crippen molar-refractivity contribution in [3.05, 3.63) is 71.7 Å². The van der Waals surface area contributed by atoms with Crippen LogP contribution in [0.15, 0.2) is 44.7 Å². The van der Waals surface area contributed by atoms with Crippen molar-refractivity contribution in [1.29, 1.82) is 0 Å². The second kappa shape index (κ2) is 12.1. The lowest BCUT2D eigenvalue weighted by molar-refractivity contribution is -0.386. The number of hydrogen-bond donors (Lipinski definition) is 0. The van der Waals surface area contributed by atoms with Gasteiger partial charge in [0, 0.05) is 27.5 Å². The molecule has 0 bridgehead atoms. The van der Waals surface area contributed by atoms with Gasteiger partial charge in [0.1, 0.15) is 5.82 Å². The highest BCUT2D eigenvalue weighted by Gasteiger charge is 2.26. The summed E-state index contributed by atoms with van der Waals surface area (Å²) in [5.41, 5.74) is -0.221. The highest BCUT2D eigenvalue weighted by Crippen LogP contribution is 2.34. The number of nitrogens with zero attached hydrogens (tertiary/aromatic N) is 4. The zero-order chi connectivity index (χ0) is 26.4. The van der Waals surface area contributed by atoms with Crippen LogP contribution in [0.2, 0.25) is 5.02 Å². The fraction of sp³-hybridized carbons (Fsp3) is 0.333. The van der Waals surface area contributed by atoms with E-state index in [1.54, 1.807) is 25.1 Å². The van der Waals surface area contributed by atoms with Crippen LogP contribution in [0.3, 0.4) is 0 Å². The van der Waals surface area contributed by atoms with E-state index in [-0.39, 0.29) is 22.9 Å². The number of aryl methyl sites for hydroxylation is 1. The van der Waals surface area contributed by atoms with E-state index in [1.165, 1.54) is 19.2 Å². The Hall–Kier alpha value is -3.31. The van der Waals surface area contributed by atoms with Gasteiger partial charge in [0.15, 0.2) is 6.10 Å². The molecule has 0 amide bonds. The molecular formula is C24H24BrClN4O6. The monoisotopic (exact) mass is 578 g/mol. The van der Waals surface area contributed by atoms with Crippen LogP contribution in [0, 0.1) is 10.1 Å². The molecule has 1 atom stereocenters. The van der Waals surface area contributed by atoms with Gasteiger partial charge in [-0.15, -0.1) is 0 Å². The van der Waals surface area contributed by atoms with E-state index >= 15 is 0 Å². The van der Waals surface area contributed by atoms with Gasteiger partial charge in [0.25, 0.3) is 5.56 Å². The maximum absolute atomic E-state index is 13.3. The molecular weight excluding hydrogens is 556 g/mol. The Balaban J connectivity index is 2.16. The van der Waals surface area contributed by atoms with Crippen molar-refractivity contribution < 1.29 is 19.2 Å². The van der Waals surface area contributed by atoms with E-state index in [2.05, 4.69) is 26.0 Å². The molecule has 190 valence electrons. The van der Waals surface area contributed by atoms with E-state index in [4.69, 9.17) is 21.1 Å². The average molecular weight is 580 g/mol. The Bertz CT molecular complexity index is 1390. The minimum absolute atomic E-state index is 0.0541. The molecule has 12 heteroatoms. The number of nitro groups is 1. The number of hydrogen-bond acceptors (Lipinski definition) is 8. The van der Waals surface area contributed by atoms with Crippen LogP contribution in [-0.4, -0.2) is 39.5 Å². The number of carbonyl (C=O) groups excluding carboxylic acids is 1. The summed E-state index contributed by atoms with van der Waals surface area (Å²) in [4.78, 5) is 41.1. The van der Waals surface area contributed by atoms with Crippen LogP contribution >= 0.6 is 27.5 Å². The first-order chi connectivity index (χ1) is 17.2. The summed E-state index contributed by atoms with van der Waals surface area (Å²) in [6.45, 7) is 5.19. The highest BCUT2D eigenvalue weighted by molar-refractivity contribution is 9.10. The van der Waals surface area contributed by atoms with Crippen molar-refractivity contribution in [3.63, 3.8) is 0 Å². The summed E-state index contributed by atoms with van der Waals surface area (Å²) in [5.74, 6) is -0.479. The molecule has 0 radical (unpaired) electrons. The van der Waals surface area contributed by atoms with E-state index in [1.807, 2.05) is 6.92 Å². The molecule has 1 aromatic heterocycles. The number of aromatic nitrogens is 2. The third-order valence-electron chi connectivity index (χ3n) is 5.11. The molecule has 0 saturated carbocycles. The number of carbonyl (C=O) groups is 1. The van der Waals surface area contributed by atoms with Crippen molar-refractivity contribution in [3.8, 4) is 5.75 Å². The van der Waals surface area contributed by atoms with Gasteiger partial charge in [0.05, 0.1) is 28.6 Å². The lowest BCUT2D eigenvalue weighted by Crippen LogP contribution is -2.27. The molecule has 0 aliphatic rings. The van der Waals surface area contributed by atoms with Gasteiger partial charge in [-0.2, -0.15) is 9.78 Å². The molecule has 10 nitrogen and oxygen atoms in total. The maximum Gasteiger partial charge on any atom is 0.347 e. The molecule has 1 heterocycles. The van der Waals surface area contributed by atoms with Gasteiger partial charge >= 0.3 is 11.7 Å². The van der Waals surface area contributed by atoms with Crippen molar-refractivity contribution in [1.82, 2.24) is 9.66 Å². The predicted molar refractivity (Wildman–Crippen MR) is 140 cm³/mol. The van der Waals surface area contributed by atoms with Gasteiger partial charge < -0.3 is 9.47 Å². The fourth-order valence-corrected chi connectivity index (χ4v) is 3.96. The summed E-state index contributed by atoms with van der Waals surface area (Å²) in [6, 6.07) is 7.70. The fourth-order valence-electron chi connectivity index (χ4n) is 3.37. The lowest BCUT2D eigenvalue weighted by Gasteiger charge is -2.15. The van der Waals surface area contributed by atoms with E-state index in [0.29, 0.717) is 27.6 Å². The van der Waals surface area contributed by atoms with Crippen molar-refractivity contribution in [2.75, 3.05) is 6.61 Å². The number of ether oxygens (including phenoxy) is 2. The second-order valence-electron chi connectivity index (χ2n) is 7.77. The summed E-state index contributed by atoms with van der Waals surface area (Å²) >= 11 is 9.49. The first-order valence-corrected chi connectivity index (χ1v) is 12.4. The van der Waals surface area contributed by atoms with Crippen molar-refractivity contribution >= 4 is 56.3 Å². The average Bonchev–Trinajstić information content (AvgIpc) is 2.83. The molecule has 0 spiro atoms. The number of nitro benzene ring substituents is 1. The largest absolute Gasteiger partial charge is 0.471 e. The molecule has 2 aromatic carbocycles. The molecule has 0 saturated heterocycles. The van der Waals surface area contributed by atoms with Gasteiger partial charge in [0.2, 0.25) is 5.75 Å². The Morgan fingerprint density at radius 2 is 2.08 bits per heavy atom. The molecule has 36 heavy (non-hydrogen) atoms. The summed E-state index contributed by atoms with van der Waals surface area (Å²) in [7, 11) is 0. The minimum atomic E-state index is -1.14. The summed E-state index contributed by atoms with van der Waals surface area (Å²) in [5, 5.41) is 16.4. The van der Waals surface area contributed by atoms with Gasteiger partial charge in [-0.3, -0.25) is 14.9 Å². The molecule has 0 N–H and O–H groups in total. The standard InChI is InChI=1S/C24H24BrClN4O6/c1-4-6-7-21-28-19-9-8-16(25)11-18(19)23(31)29(21)27-13-15-10-17(26)12-20(30(33)34)22(15)36-14(3)24(32)35-5-2/h8-14H,4-7H2,1-3H3/t14-/m0/s1.